The third-order valence-corrected chi connectivity index (χ3v) is 3.02. The van der Waals surface area contributed by atoms with Crippen molar-refractivity contribution in [3.05, 3.63) is 28.2 Å². The molecule has 0 aromatic carbocycles. The topological polar surface area (TPSA) is 83.6 Å². The molecule has 2 N–H and O–H groups in total. The number of aromatic amines is 1. The van der Waals surface area contributed by atoms with Gasteiger partial charge in [0.05, 0.1) is 5.01 Å². The third-order valence-electron chi connectivity index (χ3n) is 2.18. The highest BCUT2D eigenvalue weighted by atomic mass is 32.1. The Morgan fingerprint density at radius 3 is 3.12 bits per heavy atom. The summed E-state index contributed by atoms with van der Waals surface area (Å²) >= 11 is 1.58. The predicted octanol–water partition coefficient (Wildman–Crippen LogP) is 0.796. The molecule has 6 nitrogen and oxygen atoms in total. The average Bonchev–Trinajstić information content (AvgIpc) is 2.99. The van der Waals surface area contributed by atoms with Crippen LogP contribution in [-0.4, -0.2) is 32.6 Å². The quantitative estimate of drug-likeness (QED) is 0.823. The summed E-state index contributed by atoms with van der Waals surface area (Å²) in [6.45, 7) is 2.49. The number of carbonyl (C=O) groups excluding carboxylic acids is 1. The van der Waals surface area contributed by atoms with Gasteiger partial charge in [0.15, 0.2) is 0 Å². The first-order chi connectivity index (χ1) is 8.29. The monoisotopic (exact) mass is 251 g/mol. The zero-order valence-corrected chi connectivity index (χ0v) is 10.3. The van der Waals surface area contributed by atoms with E-state index < -0.39 is 0 Å². The number of nitrogens with zero attached hydrogens (tertiary/aromatic N) is 3. The molecule has 0 aliphatic heterocycles. The second kappa shape index (κ2) is 5.53. The number of rotatable bonds is 5. The van der Waals surface area contributed by atoms with Crippen LogP contribution in [0.15, 0.2) is 11.6 Å². The van der Waals surface area contributed by atoms with E-state index in [9.17, 15) is 4.79 Å². The van der Waals surface area contributed by atoms with Crippen molar-refractivity contribution in [2.24, 2.45) is 0 Å². The van der Waals surface area contributed by atoms with Crippen LogP contribution in [0.3, 0.4) is 0 Å². The predicted molar refractivity (Wildman–Crippen MR) is 63.9 cm³/mol. The van der Waals surface area contributed by atoms with Gasteiger partial charge in [-0.3, -0.25) is 9.89 Å². The molecule has 7 heteroatoms. The summed E-state index contributed by atoms with van der Waals surface area (Å²) in [6.07, 6.45) is 3.22. The number of amides is 1. The number of carbonyl (C=O) groups is 1. The molecule has 0 radical (unpaired) electrons. The Kier molecular flexibility index (Phi) is 3.81. The molecule has 0 atom stereocenters. The van der Waals surface area contributed by atoms with Crippen LogP contribution in [0.5, 0.6) is 0 Å². The molecule has 0 unspecified atom stereocenters. The lowest BCUT2D eigenvalue weighted by Crippen LogP contribution is -2.26. The zero-order valence-electron chi connectivity index (χ0n) is 9.43. The van der Waals surface area contributed by atoms with Crippen molar-refractivity contribution in [3.8, 4) is 0 Å². The lowest BCUT2D eigenvalue weighted by atomic mass is 10.4. The fourth-order valence-corrected chi connectivity index (χ4v) is 1.91. The maximum atomic E-state index is 11.6. The number of aryl methyl sites for hydroxylation is 1. The molecule has 2 aromatic heterocycles. The van der Waals surface area contributed by atoms with E-state index in [1.807, 2.05) is 12.3 Å². The maximum absolute atomic E-state index is 11.6. The van der Waals surface area contributed by atoms with E-state index in [1.165, 1.54) is 0 Å². The Balaban J connectivity index is 1.81. The third kappa shape index (κ3) is 3.10. The highest BCUT2D eigenvalue weighted by Crippen LogP contribution is 2.03. The molecular formula is C10H13N5OS. The van der Waals surface area contributed by atoms with Gasteiger partial charge in [-0.25, -0.2) is 9.97 Å². The lowest BCUT2D eigenvalue weighted by Gasteiger charge is -1.99. The molecule has 0 aliphatic carbocycles. The maximum Gasteiger partial charge on any atom is 0.290 e. The number of H-pyrrole nitrogens is 1. The molecule has 2 aromatic rings. The summed E-state index contributed by atoms with van der Waals surface area (Å²) in [4.78, 5) is 19.8. The van der Waals surface area contributed by atoms with Crippen LogP contribution in [0.1, 0.15) is 28.4 Å². The van der Waals surface area contributed by atoms with Crippen molar-refractivity contribution < 1.29 is 4.79 Å². The summed E-state index contributed by atoms with van der Waals surface area (Å²) in [5.41, 5.74) is 0. The summed E-state index contributed by atoms with van der Waals surface area (Å²) in [5, 5.41) is 12.2. The van der Waals surface area contributed by atoms with Gasteiger partial charge in [-0.1, -0.05) is 6.92 Å². The number of aromatic nitrogens is 4. The molecule has 1 amide bonds. The molecule has 0 fully saturated rings. The SMILES string of the molecule is CCc1nc(C(=O)NCCc2nccs2)n[nH]1. The Hall–Kier alpha value is -1.76. The van der Waals surface area contributed by atoms with Crippen molar-refractivity contribution in [1.29, 1.82) is 0 Å². The van der Waals surface area contributed by atoms with Gasteiger partial charge in [0.25, 0.3) is 5.91 Å². The number of nitrogens with one attached hydrogen (secondary N) is 2. The molecule has 0 aliphatic rings. The summed E-state index contributed by atoms with van der Waals surface area (Å²) in [5.74, 6) is 0.661. The van der Waals surface area contributed by atoms with Gasteiger partial charge in [-0.05, 0) is 0 Å². The molecule has 0 saturated carbocycles. The van der Waals surface area contributed by atoms with Crippen LogP contribution in [0, 0.1) is 0 Å². The number of hydrogen-bond acceptors (Lipinski definition) is 5. The molecule has 0 bridgehead atoms. The minimum absolute atomic E-state index is 0.195. The van der Waals surface area contributed by atoms with Crippen molar-refractivity contribution in [1.82, 2.24) is 25.5 Å². The number of hydrogen-bond donors (Lipinski definition) is 2. The fraction of sp³-hybridized carbons (Fsp3) is 0.400. The van der Waals surface area contributed by atoms with Crippen molar-refractivity contribution in [2.75, 3.05) is 6.54 Å². The van der Waals surface area contributed by atoms with Crippen LogP contribution < -0.4 is 5.32 Å². The highest BCUT2D eigenvalue weighted by molar-refractivity contribution is 7.09. The molecule has 2 heterocycles. The van der Waals surface area contributed by atoms with Gasteiger partial charge < -0.3 is 5.32 Å². The van der Waals surface area contributed by atoms with Gasteiger partial charge in [0.2, 0.25) is 5.82 Å². The normalized spacial score (nSPS) is 10.4. The molecule has 2 rings (SSSR count). The van der Waals surface area contributed by atoms with Crippen LogP contribution in [0.25, 0.3) is 0 Å². The van der Waals surface area contributed by atoms with Gasteiger partial charge in [0.1, 0.15) is 5.82 Å². The minimum atomic E-state index is -0.252. The zero-order chi connectivity index (χ0) is 12.1. The van der Waals surface area contributed by atoms with Crippen molar-refractivity contribution in [3.63, 3.8) is 0 Å². The van der Waals surface area contributed by atoms with E-state index in [0.717, 1.165) is 23.7 Å². The van der Waals surface area contributed by atoms with Crippen molar-refractivity contribution in [2.45, 2.75) is 19.8 Å². The first-order valence-corrected chi connectivity index (χ1v) is 6.25. The first-order valence-electron chi connectivity index (χ1n) is 5.37. The van der Waals surface area contributed by atoms with Crippen LogP contribution in [0.4, 0.5) is 0 Å². The van der Waals surface area contributed by atoms with Gasteiger partial charge in [0, 0.05) is 31.0 Å². The van der Waals surface area contributed by atoms with Gasteiger partial charge >= 0.3 is 0 Å². The summed E-state index contributed by atoms with van der Waals surface area (Å²) in [7, 11) is 0. The van der Waals surface area contributed by atoms with Gasteiger partial charge in [-0.15, -0.1) is 16.4 Å². The van der Waals surface area contributed by atoms with E-state index in [4.69, 9.17) is 0 Å². The smallest absolute Gasteiger partial charge is 0.290 e. The van der Waals surface area contributed by atoms with E-state index in [1.54, 1.807) is 17.5 Å². The standard InChI is InChI=1S/C10H13N5OS/c1-2-7-13-9(15-14-7)10(16)12-4-3-8-11-5-6-17-8/h5-6H,2-4H2,1H3,(H,12,16)(H,13,14,15). The molecular weight excluding hydrogens is 238 g/mol. The number of thiazole rings is 1. The Morgan fingerprint density at radius 2 is 2.47 bits per heavy atom. The summed E-state index contributed by atoms with van der Waals surface area (Å²) < 4.78 is 0. The lowest BCUT2D eigenvalue weighted by molar-refractivity contribution is 0.0944. The van der Waals surface area contributed by atoms with Crippen LogP contribution in [0.2, 0.25) is 0 Å². The Morgan fingerprint density at radius 1 is 1.59 bits per heavy atom. The average molecular weight is 251 g/mol. The summed E-state index contributed by atoms with van der Waals surface area (Å²) in [6, 6.07) is 0. The van der Waals surface area contributed by atoms with E-state index in [-0.39, 0.29) is 11.7 Å². The highest BCUT2D eigenvalue weighted by Gasteiger charge is 2.10. The second-order valence-electron chi connectivity index (χ2n) is 3.39. The Bertz CT molecular complexity index is 479. The second-order valence-corrected chi connectivity index (χ2v) is 4.37. The molecule has 17 heavy (non-hydrogen) atoms. The van der Waals surface area contributed by atoms with E-state index in [2.05, 4.69) is 25.5 Å². The van der Waals surface area contributed by atoms with Crippen LogP contribution >= 0.6 is 11.3 Å². The van der Waals surface area contributed by atoms with Gasteiger partial charge in [-0.2, -0.15) is 0 Å². The minimum Gasteiger partial charge on any atom is -0.349 e. The van der Waals surface area contributed by atoms with E-state index in [0.29, 0.717) is 6.54 Å². The molecule has 90 valence electrons. The van der Waals surface area contributed by atoms with Crippen LogP contribution in [-0.2, 0) is 12.8 Å². The van der Waals surface area contributed by atoms with E-state index >= 15 is 0 Å². The first kappa shape index (κ1) is 11.7. The Labute approximate surface area is 103 Å². The molecule has 0 saturated heterocycles. The largest absolute Gasteiger partial charge is 0.349 e. The fourth-order valence-electron chi connectivity index (χ4n) is 1.29. The molecule has 0 spiro atoms. The van der Waals surface area contributed by atoms with Crippen molar-refractivity contribution >= 4 is 17.2 Å².